The molecule has 1 heterocycles. The number of ether oxygens (including phenoxy) is 2. The summed E-state index contributed by atoms with van der Waals surface area (Å²) >= 11 is 0. The highest BCUT2D eigenvalue weighted by atomic mass is 16.5. The lowest BCUT2D eigenvalue weighted by atomic mass is 9.78. The summed E-state index contributed by atoms with van der Waals surface area (Å²) in [5.74, 6) is 2.08. The summed E-state index contributed by atoms with van der Waals surface area (Å²) in [5, 5.41) is 0.537. The van der Waals surface area contributed by atoms with E-state index in [1.165, 1.54) is 0 Å². The lowest BCUT2D eigenvalue weighted by Gasteiger charge is -2.29. The van der Waals surface area contributed by atoms with Crippen LogP contribution in [-0.4, -0.2) is 14.2 Å². The summed E-state index contributed by atoms with van der Waals surface area (Å²) < 4.78 is 17.3. The maximum Gasteiger partial charge on any atom is 0.193 e. The molecule has 1 aromatic heterocycles. The van der Waals surface area contributed by atoms with E-state index in [9.17, 15) is 4.79 Å². The Kier molecular flexibility index (Phi) is 5.24. The van der Waals surface area contributed by atoms with Crippen molar-refractivity contribution >= 4 is 11.0 Å². The topological polar surface area (TPSA) is 48.7 Å². The van der Waals surface area contributed by atoms with E-state index in [1.54, 1.807) is 38.5 Å². The fourth-order valence-electron chi connectivity index (χ4n) is 3.51. The molecule has 29 heavy (non-hydrogen) atoms. The molecule has 4 nitrogen and oxygen atoms in total. The van der Waals surface area contributed by atoms with Gasteiger partial charge in [-0.2, -0.15) is 0 Å². The average Bonchev–Trinajstić information content (AvgIpc) is 2.64. The summed E-state index contributed by atoms with van der Waals surface area (Å²) in [7, 11) is 3.31. The molecule has 0 fully saturated rings. The van der Waals surface area contributed by atoms with Crippen LogP contribution in [0, 0.1) is 0 Å². The van der Waals surface area contributed by atoms with Gasteiger partial charge in [-0.05, 0) is 35.1 Å². The molecule has 3 aromatic rings. The van der Waals surface area contributed by atoms with Crippen molar-refractivity contribution in [3.05, 3.63) is 57.7 Å². The summed E-state index contributed by atoms with van der Waals surface area (Å²) in [6.45, 7) is 12.9. The monoisotopic (exact) mass is 394 g/mol. The lowest BCUT2D eigenvalue weighted by Crippen LogP contribution is -2.19. The van der Waals surface area contributed by atoms with Crippen LogP contribution in [0.15, 0.2) is 45.6 Å². The van der Waals surface area contributed by atoms with Crippen LogP contribution >= 0.6 is 0 Å². The van der Waals surface area contributed by atoms with Gasteiger partial charge in [-0.3, -0.25) is 4.79 Å². The second kappa shape index (κ2) is 7.25. The van der Waals surface area contributed by atoms with Gasteiger partial charge in [0.25, 0.3) is 0 Å². The van der Waals surface area contributed by atoms with E-state index >= 15 is 0 Å². The Labute approximate surface area is 172 Å². The van der Waals surface area contributed by atoms with Gasteiger partial charge in [0.05, 0.1) is 19.6 Å². The minimum absolute atomic E-state index is 0.0747. The third-order valence-electron chi connectivity index (χ3n) is 5.13. The largest absolute Gasteiger partial charge is 0.497 e. The van der Waals surface area contributed by atoms with Crippen LogP contribution in [0.2, 0.25) is 0 Å². The number of benzene rings is 2. The molecular formula is C25H30O4. The van der Waals surface area contributed by atoms with Crippen LogP contribution in [-0.2, 0) is 10.8 Å². The zero-order valence-electron chi connectivity index (χ0n) is 18.6. The highest BCUT2D eigenvalue weighted by Crippen LogP contribution is 2.42. The fourth-order valence-corrected chi connectivity index (χ4v) is 3.51. The van der Waals surface area contributed by atoms with Crippen molar-refractivity contribution in [2.24, 2.45) is 0 Å². The van der Waals surface area contributed by atoms with Gasteiger partial charge in [0.1, 0.15) is 22.8 Å². The van der Waals surface area contributed by atoms with Gasteiger partial charge in [0.2, 0.25) is 0 Å². The quantitative estimate of drug-likeness (QED) is 0.541. The van der Waals surface area contributed by atoms with Gasteiger partial charge in [-0.1, -0.05) is 41.5 Å². The van der Waals surface area contributed by atoms with Crippen LogP contribution in [0.1, 0.15) is 52.7 Å². The van der Waals surface area contributed by atoms with Crippen LogP contribution in [0.25, 0.3) is 22.3 Å². The standard InChI is InChI=1S/C25H30O4/c1-24(2,3)18-11-15(12-19(23(18)28-8)25(4,5)6)21-14-20(26)17-10-9-16(27-7)13-22(17)29-21/h9-14H,1-8H3. The molecule has 0 unspecified atom stereocenters. The summed E-state index contributed by atoms with van der Waals surface area (Å²) in [5.41, 5.74) is 3.18. The first-order valence-electron chi connectivity index (χ1n) is 9.81. The molecule has 0 spiro atoms. The highest BCUT2D eigenvalue weighted by molar-refractivity contribution is 5.80. The Hall–Kier alpha value is -2.75. The van der Waals surface area contributed by atoms with Crippen molar-refractivity contribution in [2.75, 3.05) is 14.2 Å². The van der Waals surface area contributed by atoms with E-state index in [4.69, 9.17) is 13.9 Å². The van der Waals surface area contributed by atoms with Crippen molar-refractivity contribution in [2.45, 2.75) is 52.4 Å². The molecule has 0 aliphatic carbocycles. The second-order valence-corrected chi connectivity index (χ2v) is 9.44. The van der Waals surface area contributed by atoms with Crippen LogP contribution in [0.3, 0.4) is 0 Å². The third kappa shape index (κ3) is 4.02. The Morgan fingerprint density at radius 1 is 0.793 bits per heavy atom. The zero-order chi connectivity index (χ0) is 21.6. The Balaban J connectivity index is 2.35. The van der Waals surface area contributed by atoms with Crippen LogP contribution in [0.4, 0.5) is 0 Å². The number of hydrogen-bond acceptors (Lipinski definition) is 4. The van der Waals surface area contributed by atoms with E-state index in [2.05, 4.69) is 53.7 Å². The van der Waals surface area contributed by atoms with Crippen molar-refractivity contribution in [3.8, 4) is 22.8 Å². The Morgan fingerprint density at radius 2 is 1.38 bits per heavy atom. The van der Waals surface area contributed by atoms with Gasteiger partial charge >= 0.3 is 0 Å². The maximum absolute atomic E-state index is 12.7. The van der Waals surface area contributed by atoms with Gasteiger partial charge in [0.15, 0.2) is 5.43 Å². The minimum atomic E-state index is -0.137. The van der Waals surface area contributed by atoms with E-state index in [0.29, 0.717) is 22.5 Å². The van der Waals surface area contributed by atoms with Crippen LogP contribution in [0.5, 0.6) is 11.5 Å². The molecule has 0 atom stereocenters. The number of methoxy groups -OCH3 is 2. The van der Waals surface area contributed by atoms with Crippen LogP contribution < -0.4 is 14.9 Å². The van der Waals surface area contributed by atoms with Crippen molar-refractivity contribution in [1.82, 2.24) is 0 Å². The zero-order valence-corrected chi connectivity index (χ0v) is 18.6. The molecule has 0 aliphatic heterocycles. The van der Waals surface area contributed by atoms with Gasteiger partial charge in [0, 0.05) is 28.8 Å². The molecule has 0 amide bonds. The van der Waals surface area contributed by atoms with Gasteiger partial charge < -0.3 is 13.9 Å². The Bertz CT molecular complexity index is 1070. The second-order valence-electron chi connectivity index (χ2n) is 9.44. The fraction of sp³-hybridized carbons (Fsp3) is 0.400. The van der Waals surface area contributed by atoms with Crippen molar-refractivity contribution in [3.63, 3.8) is 0 Å². The Morgan fingerprint density at radius 3 is 1.86 bits per heavy atom. The van der Waals surface area contributed by atoms with E-state index in [1.807, 2.05) is 0 Å². The summed E-state index contributed by atoms with van der Waals surface area (Å²) in [6, 6.07) is 11.0. The molecule has 0 bridgehead atoms. The molecule has 2 aromatic carbocycles. The van der Waals surface area contributed by atoms with E-state index < -0.39 is 0 Å². The molecule has 3 rings (SSSR count). The summed E-state index contributed by atoms with van der Waals surface area (Å²) in [6.07, 6.45) is 0. The smallest absolute Gasteiger partial charge is 0.193 e. The first-order chi connectivity index (χ1) is 13.5. The maximum atomic E-state index is 12.7. The molecule has 0 radical (unpaired) electrons. The molecule has 0 saturated heterocycles. The highest BCUT2D eigenvalue weighted by Gasteiger charge is 2.28. The molecule has 4 heteroatoms. The molecule has 0 aliphatic rings. The average molecular weight is 395 g/mol. The molecule has 0 saturated carbocycles. The van der Waals surface area contributed by atoms with Crippen molar-refractivity contribution in [1.29, 1.82) is 0 Å². The molecule has 154 valence electrons. The predicted octanol–water partition coefficient (Wildman–Crippen LogP) is 6.07. The van der Waals surface area contributed by atoms with Crippen molar-refractivity contribution < 1.29 is 13.9 Å². The van der Waals surface area contributed by atoms with E-state index in [-0.39, 0.29) is 16.3 Å². The normalized spacial score (nSPS) is 12.3. The number of fused-ring (bicyclic) bond motifs is 1. The van der Waals surface area contributed by atoms with E-state index in [0.717, 1.165) is 22.4 Å². The predicted molar refractivity (Wildman–Crippen MR) is 118 cm³/mol. The summed E-state index contributed by atoms with van der Waals surface area (Å²) in [4.78, 5) is 12.7. The number of rotatable bonds is 3. The van der Waals surface area contributed by atoms with Gasteiger partial charge in [-0.25, -0.2) is 0 Å². The molecular weight excluding hydrogens is 364 g/mol. The number of hydrogen-bond donors (Lipinski definition) is 0. The minimum Gasteiger partial charge on any atom is -0.497 e. The lowest BCUT2D eigenvalue weighted by molar-refractivity contribution is 0.381. The third-order valence-corrected chi connectivity index (χ3v) is 5.13. The molecule has 0 N–H and O–H groups in total. The first kappa shape index (κ1) is 21.0. The van der Waals surface area contributed by atoms with Gasteiger partial charge in [-0.15, -0.1) is 0 Å². The SMILES string of the molecule is COc1ccc2c(=O)cc(-c3cc(C(C)(C)C)c(OC)c(C(C)(C)C)c3)oc2c1. The first-order valence-corrected chi connectivity index (χ1v) is 9.81.